The lowest BCUT2D eigenvalue weighted by Crippen LogP contribution is -2.52. The van der Waals surface area contributed by atoms with Crippen molar-refractivity contribution >= 4 is 11.8 Å². The van der Waals surface area contributed by atoms with E-state index >= 15 is 0 Å². The molecule has 2 fully saturated rings. The van der Waals surface area contributed by atoms with Crippen LogP contribution in [0.3, 0.4) is 0 Å². The van der Waals surface area contributed by atoms with Crippen molar-refractivity contribution in [2.24, 2.45) is 5.92 Å². The molecule has 5 heteroatoms. The summed E-state index contributed by atoms with van der Waals surface area (Å²) < 4.78 is 6.59. The van der Waals surface area contributed by atoms with Gasteiger partial charge in [0.2, 0.25) is 11.8 Å². The van der Waals surface area contributed by atoms with Crippen molar-refractivity contribution in [2.75, 3.05) is 19.6 Å². The molecule has 1 N–H and O–H groups in total. The van der Waals surface area contributed by atoms with Gasteiger partial charge in [0.25, 0.3) is 0 Å². The van der Waals surface area contributed by atoms with E-state index in [2.05, 4.69) is 29.6 Å². The summed E-state index contributed by atoms with van der Waals surface area (Å²) in [6.45, 7) is 4.08. The molecule has 0 aromatic heterocycles. The molecule has 1 aliphatic carbocycles. The van der Waals surface area contributed by atoms with E-state index in [9.17, 15) is 9.59 Å². The van der Waals surface area contributed by atoms with E-state index in [1.54, 1.807) is 0 Å². The topological polar surface area (TPSA) is 58.6 Å². The molecule has 0 radical (unpaired) electrons. The van der Waals surface area contributed by atoms with E-state index in [4.69, 9.17) is 4.74 Å². The van der Waals surface area contributed by atoms with Crippen LogP contribution in [0.2, 0.25) is 0 Å². The minimum absolute atomic E-state index is 0.0506. The van der Waals surface area contributed by atoms with Gasteiger partial charge in [-0.15, -0.1) is 0 Å². The van der Waals surface area contributed by atoms with Gasteiger partial charge in [-0.2, -0.15) is 0 Å². The number of hydrogen-bond donors (Lipinski definition) is 1. The predicted molar refractivity (Wildman–Crippen MR) is 103 cm³/mol. The zero-order valence-corrected chi connectivity index (χ0v) is 16.2. The first-order valence-electron chi connectivity index (χ1n) is 10.4. The molecule has 4 rings (SSSR count). The van der Waals surface area contributed by atoms with Crippen LogP contribution in [-0.2, 0) is 26.3 Å². The Morgan fingerprint density at radius 2 is 1.96 bits per heavy atom. The minimum atomic E-state index is -0.359. The van der Waals surface area contributed by atoms with Crippen molar-refractivity contribution in [3.8, 4) is 0 Å². The van der Waals surface area contributed by atoms with Gasteiger partial charge in [0.05, 0.1) is 18.1 Å². The maximum Gasteiger partial charge on any atom is 0.225 e. The van der Waals surface area contributed by atoms with Crippen LogP contribution < -0.4 is 5.32 Å². The van der Waals surface area contributed by atoms with Crippen LogP contribution in [0.25, 0.3) is 0 Å². The third-order valence-electron chi connectivity index (χ3n) is 6.47. The quantitative estimate of drug-likeness (QED) is 0.887. The fourth-order valence-corrected chi connectivity index (χ4v) is 4.79. The second kappa shape index (κ2) is 7.63. The van der Waals surface area contributed by atoms with Crippen LogP contribution in [0.15, 0.2) is 24.3 Å². The molecule has 1 atom stereocenters. The van der Waals surface area contributed by atoms with Crippen LogP contribution in [0, 0.1) is 5.92 Å². The summed E-state index contributed by atoms with van der Waals surface area (Å²) in [6, 6.07) is 8.47. The molecule has 1 unspecified atom stereocenters. The summed E-state index contributed by atoms with van der Waals surface area (Å²) in [5.41, 5.74) is 2.19. The molecule has 1 aromatic carbocycles. The SMILES string of the molecule is CCNC(=O)CC1Cc2ccccc2C2(CCN(C(=O)C3CCC3)CC2)O1. The zero-order chi connectivity index (χ0) is 18.9. The van der Waals surface area contributed by atoms with Crippen LogP contribution in [0.4, 0.5) is 0 Å². The summed E-state index contributed by atoms with van der Waals surface area (Å²) in [5.74, 6) is 0.637. The number of likely N-dealkylation sites (tertiary alicyclic amines) is 1. The number of nitrogens with one attached hydrogen (secondary N) is 1. The number of nitrogens with zero attached hydrogens (tertiary/aromatic N) is 1. The lowest BCUT2D eigenvalue weighted by atomic mass is 9.77. The molecule has 3 aliphatic rings. The van der Waals surface area contributed by atoms with Gasteiger partial charge in [-0.25, -0.2) is 0 Å². The first kappa shape index (κ1) is 18.5. The van der Waals surface area contributed by atoms with Crippen LogP contribution in [0.1, 0.15) is 56.6 Å². The summed E-state index contributed by atoms with van der Waals surface area (Å²) in [4.78, 5) is 26.8. The number of ether oxygens (including phenoxy) is 1. The van der Waals surface area contributed by atoms with Crippen molar-refractivity contribution in [2.45, 2.75) is 63.6 Å². The van der Waals surface area contributed by atoms with Crippen molar-refractivity contribution < 1.29 is 14.3 Å². The van der Waals surface area contributed by atoms with Crippen molar-refractivity contribution in [3.63, 3.8) is 0 Å². The highest BCUT2D eigenvalue weighted by atomic mass is 16.5. The Balaban J connectivity index is 1.50. The molecule has 5 nitrogen and oxygen atoms in total. The third kappa shape index (κ3) is 3.62. The number of amides is 2. The molecular weight excluding hydrogens is 340 g/mol. The van der Waals surface area contributed by atoms with Gasteiger partial charge in [0.15, 0.2) is 0 Å². The monoisotopic (exact) mass is 370 g/mol. The van der Waals surface area contributed by atoms with Gasteiger partial charge in [-0.1, -0.05) is 30.7 Å². The Kier molecular flexibility index (Phi) is 5.22. The molecule has 1 aromatic rings. The number of hydrogen-bond acceptors (Lipinski definition) is 3. The van der Waals surface area contributed by atoms with E-state index in [0.717, 1.165) is 45.2 Å². The van der Waals surface area contributed by atoms with E-state index in [1.807, 2.05) is 11.8 Å². The molecule has 2 aliphatic heterocycles. The number of benzene rings is 1. The third-order valence-corrected chi connectivity index (χ3v) is 6.47. The number of carbonyl (C=O) groups excluding carboxylic acids is 2. The molecule has 1 saturated heterocycles. The van der Waals surface area contributed by atoms with Gasteiger partial charge in [0, 0.05) is 25.6 Å². The molecule has 1 saturated carbocycles. The first-order chi connectivity index (χ1) is 13.1. The van der Waals surface area contributed by atoms with Gasteiger partial charge in [-0.05, 0) is 50.2 Å². The van der Waals surface area contributed by atoms with Crippen molar-refractivity contribution in [1.29, 1.82) is 0 Å². The van der Waals surface area contributed by atoms with E-state index in [1.165, 1.54) is 17.5 Å². The largest absolute Gasteiger partial charge is 0.366 e. The average Bonchev–Trinajstić information content (AvgIpc) is 2.61. The normalized spacial score (nSPS) is 24.2. The highest BCUT2D eigenvalue weighted by Crippen LogP contribution is 2.44. The molecular formula is C22H30N2O3. The van der Waals surface area contributed by atoms with Gasteiger partial charge >= 0.3 is 0 Å². The Labute approximate surface area is 161 Å². The van der Waals surface area contributed by atoms with E-state index in [0.29, 0.717) is 18.9 Å². The standard InChI is InChI=1S/C22H30N2O3/c1-2-23-20(25)15-18-14-17-6-3-4-9-19(17)22(27-18)10-12-24(13-11-22)21(26)16-7-5-8-16/h3-4,6,9,16,18H,2,5,7-8,10-15H2,1H3,(H,23,25). The second-order valence-corrected chi connectivity index (χ2v) is 8.21. The minimum Gasteiger partial charge on any atom is -0.366 e. The van der Waals surface area contributed by atoms with Crippen LogP contribution in [-0.4, -0.2) is 42.5 Å². The summed E-state index contributed by atoms with van der Waals surface area (Å²) in [6.07, 6.45) is 5.99. The van der Waals surface area contributed by atoms with Gasteiger partial charge in [0.1, 0.15) is 0 Å². The second-order valence-electron chi connectivity index (χ2n) is 8.21. The molecule has 0 bridgehead atoms. The Morgan fingerprint density at radius 3 is 2.63 bits per heavy atom. The lowest BCUT2D eigenvalue weighted by Gasteiger charge is -2.48. The summed E-state index contributed by atoms with van der Waals surface area (Å²) in [5, 5.41) is 2.88. The van der Waals surface area contributed by atoms with Crippen LogP contribution >= 0.6 is 0 Å². The Hall–Kier alpha value is -1.88. The Morgan fingerprint density at radius 1 is 1.22 bits per heavy atom. The fraction of sp³-hybridized carbons (Fsp3) is 0.636. The van der Waals surface area contributed by atoms with Crippen LogP contribution in [0.5, 0.6) is 0 Å². The predicted octanol–water partition coefficient (Wildman–Crippen LogP) is 2.77. The van der Waals surface area contributed by atoms with E-state index < -0.39 is 0 Å². The molecule has 2 heterocycles. The smallest absolute Gasteiger partial charge is 0.225 e. The summed E-state index contributed by atoms with van der Waals surface area (Å²) in [7, 11) is 0. The molecule has 2 amide bonds. The Bertz CT molecular complexity index is 705. The average molecular weight is 370 g/mol. The van der Waals surface area contributed by atoms with Crippen molar-refractivity contribution in [1.82, 2.24) is 10.2 Å². The summed E-state index contributed by atoms with van der Waals surface area (Å²) >= 11 is 0. The number of rotatable bonds is 4. The highest BCUT2D eigenvalue weighted by Gasteiger charge is 2.45. The number of fused-ring (bicyclic) bond motifs is 2. The maximum absolute atomic E-state index is 12.6. The van der Waals surface area contributed by atoms with Gasteiger partial charge < -0.3 is 15.0 Å². The molecule has 1 spiro atoms. The number of piperidine rings is 1. The first-order valence-corrected chi connectivity index (χ1v) is 10.4. The highest BCUT2D eigenvalue weighted by molar-refractivity contribution is 5.79. The van der Waals surface area contributed by atoms with Gasteiger partial charge in [-0.3, -0.25) is 9.59 Å². The molecule has 146 valence electrons. The lowest BCUT2D eigenvalue weighted by molar-refractivity contribution is -0.159. The van der Waals surface area contributed by atoms with E-state index in [-0.39, 0.29) is 23.5 Å². The fourth-order valence-electron chi connectivity index (χ4n) is 4.79. The molecule has 27 heavy (non-hydrogen) atoms. The van der Waals surface area contributed by atoms with Crippen molar-refractivity contribution in [3.05, 3.63) is 35.4 Å². The zero-order valence-electron chi connectivity index (χ0n) is 16.2. The number of carbonyl (C=O) groups is 2. The maximum atomic E-state index is 12.6.